The quantitative estimate of drug-likeness (QED) is 0.645. The first kappa shape index (κ1) is 15.4. The largest absolute Gasteiger partial charge is 0.383 e. The average Bonchev–Trinajstić information content (AvgIpc) is 2.29. The summed E-state index contributed by atoms with van der Waals surface area (Å²) >= 11 is 0. The van der Waals surface area contributed by atoms with Crippen LogP contribution >= 0.6 is 0 Å². The third kappa shape index (κ3) is 6.08. The number of carbonyl (C=O) groups excluding carboxylic acids is 1. The van der Waals surface area contributed by atoms with E-state index in [0.29, 0.717) is 13.2 Å². The minimum Gasteiger partial charge on any atom is -0.383 e. The van der Waals surface area contributed by atoms with Crippen molar-refractivity contribution in [1.29, 1.82) is 0 Å². The van der Waals surface area contributed by atoms with Crippen LogP contribution in [0.15, 0.2) is 0 Å². The Morgan fingerprint density at radius 1 is 1.44 bits per heavy atom. The van der Waals surface area contributed by atoms with Gasteiger partial charge in [0.15, 0.2) is 0 Å². The highest BCUT2D eigenvalue weighted by atomic mass is 16.5. The molecule has 16 heavy (non-hydrogen) atoms. The molecule has 1 amide bonds. The maximum absolute atomic E-state index is 12.1. The van der Waals surface area contributed by atoms with Crippen LogP contribution in [0.4, 0.5) is 0 Å². The SMILES string of the molecule is CCCCN(CCOC)C(=O)C(C)CNC. The molecule has 1 N–H and O–H groups in total. The van der Waals surface area contributed by atoms with Crippen molar-refractivity contribution in [2.45, 2.75) is 26.7 Å². The standard InChI is InChI=1S/C12H26N2O2/c1-5-6-7-14(8-9-16-4)12(15)11(2)10-13-3/h11,13H,5-10H2,1-4H3. The van der Waals surface area contributed by atoms with Gasteiger partial charge in [-0.15, -0.1) is 0 Å². The van der Waals surface area contributed by atoms with Crippen LogP contribution in [0.5, 0.6) is 0 Å². The van der Waals surface area contributed by atoms with Gasteiger partial charge in [0.05, 0.1) is 6.61 Å². The molecule has 0 bridgehead atoms. The van der Waals surface area contributed by atoms with E-state index in [9.17, 15) is 4.79 Å². The highest BCUT2D eigenvalue weighted by Crippen LogP contribution is 2.04. The molecule has 0 aliphatic carbocycles. The van der Waals surface area contributed by atoms with Crippen molar-refractivity contribution >= 4 is 5.91 Å². The van der Waals surface area contributed by atoms with E-state index in [-0.39, 0.29) is 11.8 Å². The van der Waals surface area contributed by atoms with Crippen molar-refractivity contribution in [2.24, 2.45) is 5.92 Å². The van der Waals surface area contributed by atoms with Gasteiger partial charge in [-0.2, -0.15) is 0 Å². The minimum absolute atomic E-state index is 0.0405. The summed E-state index contributed by atoms with van der Waals surface area (Å²) in [6, 6.07) is 0. The van der Waals surface area contributed by atoms with E-state index >= 15 is 0 Å². The van der Waals surface area contributed by atoms with Crippen molar-refractivity contribution in [1.82, 2.24) is 10.2 Å². The molecule has 0 aromatic rings. The smallest absolute Gasteiger partial charge is 0.226 e. The summed E-state index contributed by atoms with van der Waals surface area (Å²) < 4.78 is 5.03. The molecule has 1 unspecified atom stereocenters. The molecule has 0 fully saturated rings. The summed E-state index contributed by atoms with van der Waals surface area (Å²) in [7, 11) is 3.54. The number of ether oxygens (including phenoxy) is 1. The van der Waals surface area contributed by atoms with E-state index in [4.69, 9.17) is 4.74 Å². The number of nitrogens with zero attached hydrogens (tertiary/aromatic N) is 1. The van der Waals surface area contributed by atoms with Crippen LogP contribution in [-0.2, 0) is 9.53 Å². The van der Waals surface area contributed by atoms with Crippen molar-refractivity contribution in [3.8, 4) is 0 Å². The highest BCUT2D eigenvalue weighted by Gasteiger charge is 2.18. The number of hydrogen-bond donors (Lipinski definition) is 1. The van der Waals surface area contributed by atoms with E-state index in [1.165, 1.54) is 0 Å². The van der Waals surface area contributed by atoms with Gasteiger partial charge in [0.25, 0.3) is 0 Å². The molecule has 0 saturated heterocycles. The van der Waals surface area contributed by atoms with E-state index in [2.05, 4.69) is 12.2 Å². The molecular weight excluding hydrogens is 204 g/mol. The van der Waals surface area contributed by atoms with Gasteiger partial charge in [-0.05, 0) is 13.5 Å². The number of nitrogens with one attached hydrogen (secondary N) is 1. The van der Waals surface area contributed by atoms with Crippen LogP contribution in [0, 0.1) is 5.92 Å². The molecule has 1 atom stereocenters. The normalized spacial score (nSPS) is 12.5. The molecule has 0 aliphatic rings. The zero-order chi connectivity index (χ0) is 12.4. The fourth-order valence-corrected chi connectivity index (χ4v) is 1.59. The molecule has 0 spiro atoms. The lowest BCUT2D eigenvalue weighted by atomic mass is 10.1. The first-order valence-electron chi connectivity index (χ1n) is 6.09. The number of methoxy groups -OCH3 is 1. The van der Waals surface area contributed by atoms with Crippen LogP contribution in [0.3, 0.4) is 0 Å². The highest BCUT2D eigenvalue weighted by molar-refractivity contribution is 5.78. The second kappa shape index (κ2) is 9.60. The topological polar surface area (TPSA) is 41.6 Å². The molecule has 0 saturated carbocycles. The van der Waals surface area contributed by atoms with Crippen molar-refractivity contribution in [3.05, 3.63) is 0 Å². The Balaban J connectivity index is 4.18. The molecule has 96 valence electrons. The summed E-state index contributed by atoms with van der Waals surface area (Å²) in [5, 5.41) is 3.04. The van der Waals surface area contributed by atoms with Gasteiger partial charge in [-0.25, -0.2) is 0 Å². The summed E-state index contributed by atoms with van der Waals surface area (Å²) in [6.07, 6.45) is 2.17. The van der Waals surface area contributed by atoms with Gasteiger partial charge in [0, 0.05) is 32.7 Å². The lowest BCUT2D eigenvalue weighted by molar-refractivity contribution is -0.135. The Labute approximate surface area is 99.3 Å². The van der Waals surface area contributed by atoms with Crippen LogP contribution in [0.1, 0.15) is 26.7 Å². The number of amides is 1. The lowest BCUT2D eigenvalue weighted by Gasteiger charge is -2.25. The minimum atomic E-state index is 0.0405. The third-order valence-electron chi connectivity index (χ3n) is 2.59. The van der Waals surface area contributed by atoms with Crippen LogP contribution < -0.4 is 5.32 Å². The van der Waals surface area contributed by atoms with Gasteiger partial charge in [-0.3, -0.25) is 4.79 Å². The van der Waals surface area contributed by atoms with Crippen molar-refractivity contribution < 1.29 is 9.53 Å². The lowest BCUT2D eigenvalue weighted by Crippen LogP contribution is -2.40. The van der Waals surface area contributed by atoms with Crippen LogP contribution in [0.25, 0.3) is 0 Å². The second-order valence-corrected chi connectivity index (χ2v) is 4.13. The molecule has 0 aromatic heterocycles. The van der Waals surface area contributed by atoms with E-state index in [1.54, 1.807) is 7.11 Å². The molecular formula is C12H26N2O2. The first-order valence-corrected chi connectivity index (χ1v) is 6.09. The molecule has 0 aliphatic heterocycles. The fourth-order valence-electron chi connectivity index (χ4n) is 1.59. The number of hydrogen-bond acceptors (Lipinski definition) is 3. The second-order valence-electron chi connectivity index (χ2n) is 4.13. The van der Waals surface area contributed by atoms with Crippen LogP contribution in [-0.4, -0.2) is 51.2 Å². The Hall–Kier alpha value is -0.610. The number of carbonyl (C=O) groups is 1. The van der Waals surface area contributed by atoms with Gasteiger partial charge >= 0.3 is 0 Å². The van der Waals surface area contributed by atoms with Crippen molar-refractivity contribution in [3.63, 3.8) is 0 Å². The molecule has 4 heteroatoms. The average molecular weight is 230 g/mol. The number of rotatable bonds is 9. The summed E-state index contributed by atoms with van der Waals surface area (Å²) in [6.45, 7) is 6.98. The van der Waals surface area contributed by atoms with Gasteiger partial charge in [-0.1, -0.05) is 20.3 Å². The Bertz CT molecular complexity index is 178. The predicted octanol–water partition coefficient (Wildman–Crippen LogP) is 1.12. The zero-order valence-corrected chi connectivity index (χ0v) is 11.1. The maximum atomic E-state index is 12.1. The summed E-state index contributed by atoms with van der Waals surface area (Å²) in [5.41, 5.74) is 0. The fraction of sp³-hybridized carbons (Fsp3) is 0.917. The summed E-state index contributed by atoms with van der Waals surface area (Å²) in [5.74, 6) is 0.263. The molecule has 0 radical (unpaired) electrons. The third-order valence-corrected chi connectivity index (χ3v) is 2.59. The monoisotopic (exact) mass is 230 g/mol. The Morgan fingerprint density at radius 2 is 2.12 bits per heavy atom. The summed E-state index contributed by atoms with van der Waals surface area (Å²) in [4.78, 5) is 14.0. The van der Waals surface area contributed by atoms with Crippen molar-refractivity contribution in [2.75, 3.05) is 40.4 Å². The first-order chi connectivity index (χ1) is 7.67. The molecule has 4 nitrogen and oxygen atoms in total. The maximum Gasteiger partial charge on any atom is 0.226 e. The van der Waals surface area contributed by atoms with E-state index in [0.717, 1.165) is 25.9 Å². The van der Waals surface area contributed by atoms with Gasteiger partial charge in [0.2, 0.25) is 5.91 Å². The van der Waals surface area contributed by atoms with E-state index in [1.807, 2.05) is 18.9 Å². The zero-order valence-electron chi connectivity index (χ0n) is 11.1. The molecule has 0 aromatic carbocycles. The molecule has 0 rings (SSSR count). The van der Waals surface area contributed by atoms with Crippen LogP contribution in [0.2, 0.25) is 0 Å². The molecule has 0 heterocycles. The predicted molar refractivity (Wildman–Crippen MR) is 66.5 cm³/mol. The Morgan fingerprint density at radius 3 is 2.62 bits per heavy atom. The Kier molecular flexibility index (Phi) is 9.24. The number of unbranched alkanes of at least 4 members (excludes halogenated alkanes) is 1. The van der Waals surface area contributed by atoms with Gasteiger partial charge in [0.1, 0.15) is 0 Å². The van der Waals surface area contributed by atoms with Gasteiger partial charge < -0.3 is 15.0 Å². The van der Waals surface area contributed by atoms with E-state index < -0.39 is 0 Å².